The van der Waals surface area contributed by atoms with Crippen LogP contribution in [-0.4, -0.2) is 23.5 Å². The monoisotopic (exact) mass is 383 g/mol. The lowest BCUT2D eigenvalue weighted by Crippen LogP contribution is -2.10. The molecule has 146 valence electrons. The van der Waals surface area contributed by atoms with Crippen LogP contribution in [0.5, 0.6) is 0 Å². The maximum atomic E-state index is 12.6. The fourth-order valence-corrected chi connectivity index (χ4v) is 3.14. The third-order valence-corrected chi connectivity index (χ3v) is 4.47. The Morgan fingerprint density at radius 1 is 1.07 bits per heavy atom. The van der Waals surface area contributed by atoms with E-state index >= 15 is 0 Å². The van der Waals surface area contributed by atoms with Crippen molar-refractivity contribution in [3.05, 3.63) is 68.3 Å². The standard InChI is InChI=1S/C21H21NO6/c1-5-26-21(25)19-12(3)18(13(4)22-19)20(24)27-10-14-9-17(23)28-16-8-11(2)6-7-15(14)16/h6-9,22H,5,10H2,1-4H3. The quantitative estimate of drug-likeness (QED) is 0.534. The summed E-state index contributed by atoms with van der Waals surface area (Å²) in [5, 5.41) is 0.702. The molecule has 0 saturated heterocycles. The number of aryl methyl sites for hydroxylation is 2. The summed E-state index contributed by atoms with van der Waals surface area (Å²) in [6.07, 6.45) is 0. The molecular weight excluding hydrogens is 362 g/mol. The minimum absolute atomic E-state index is 0.0945. The largest absolute Gasteiger partial charge is 0.461 e. The van der Waals surface area contributed by atoms with Crippen LogP contribution < -0.4 is 5.63 Å². The van der Waals surface area contributed by atoms with E-state index in [0.717, 1.165) is 5.56 Å². The zero-order chi connectivity index (χ0) is 20.4. The van der Waals surface area contributed by atoms with E-state index < -0.39 is 17.6 Å². The molecule has 0 amide bonds. The number of nitrogens with one attached hydrogen (secondary N) is 1. The summed E-state index contributed by atoms with van der Waals surface area (Å²) in [6.45, 7) is 7.08. The molecule has 0 aliphatic rings. The maximum Gasteiger partial charge on any atom is 0.355 e. The molecule has 7 heteroatoms. The summed E-state index contributed by atoms with van der Waals surface area (Å²) in [7, 11) is 0. The molecule has 3 rings (SSSR count). The number of aromatic nitrogens is 1. The van der Waals surface area contributed by atoms with Gasteiger partial charge in [-0.05, 0) is 44.9 Å². The van der Waals surface area contributed by atoms with Gasteiger partial charge in [0.2, 0.25) is 0 Å². The molecule has 2 heterocycles. The Bertz CT molecular complexity index is 1120. The van der Waals surface area contributed by atoms with E-state index in [0.29, 0.717) is 27.8 Å². The lowest BCUT2D eigenvalue weighted by molar-refractivity contribution is 0.0472. The van der Waals surface area contributed by atoms with Gasteiger partial charge in [-0.3, -0.25) is 0 Å². The summed E-state index contributed by atoms with van der Waals surface area (Å²) in [5.74, 6) is -1.11. The van der Waals surface area contributed by atoms with Crippen LogP contribution in [0, 0.1) is 20.8 Å². The molecule has 28 heavy (non-hydrogen) atoms. The SMILES string of the molecule is CCOC(=O)c1[nH]c(C)c(C(=O)OCc2cc(=O)oc3cc(C)ccc23)c1C. The molecule has 0 saturated carbocycles. The number of hydrogen-bond acceptors (Lipinski definition) is 6. The van der Waals surface area contributed by atoms with Gasteiger partial charge in [-0.25, -0.2) is 14.4 Å². The van der Waals surface area contributed by atoms with E-state index in [1.807, 2.05) is 19.1 Å². The molecule has 0 unspecified atom stereocenters. The number of H-pyrrole nitrogens is 1. The first kappa shape index (κ1) is 19.4. The highest BCUT2D eigenvalue weighted by molar-refractivity contribution is 5.98. The highest BCUT2D eigenvalue weighted by Crippen LogP contribution is 2.22. The maximum absolute atomic E-state index is 12.6. The van der Waals surface area contributed by atoms with Crippen LogP contribution in [0.4, 0.5) is 0 Å². The van der Waals surface area contributed by atoms with Crippen LogP contribution >= 0.6 is 0 Å². The molecule has 3 aromatic rings. The number of aromatic amines is 1. The predicted octanol–water partition coefficient (Wildman–Crippen LogP) is 3.58. The van der Waals surface area contributed by atoms with Crippen molar-refractivity contribution in [1.29, 1.82) is 0 Å². The molecule has 0 bridgehead atoms. The van der Waals surface area contributed by atoms with E-state index in [1.54, 1.807) is 26.8 Å². The van der Waals surface area contributed by atoms with Gasteiger partial charge in [0.15, 0.2) is 0 Å². The average molecular weight is 383 g/mol. The van der Waals surface area contributed by atoms with Gasteiger partial charge in [0.05, 0.1) is 12.2 Å². The van der Waals surface area contributed by atoms with Crippen molar-refractivity contribution in [1.82, 2.24) is 4.98 Å². The summed E-state index contributed by atoms with van der Waals surface area (Å²) in [6, 6.07) is 6.78. The molecule has 0 aliphatic heterocycles. The zero-order valence-corrected chi connectivity index (χ0v) is 16.2. The summed E-state index contributed by atoms with van der Waals surface area (Å²) in [4.78, 5) is 39.3. The molecule has 2 aromatic heterocycles. The number of hydrogen-bond donors (Lipinski definition) is 1. The number of carbonyl (C=O) groups excluding carboxylic acids is 2. The Morgan fingerprint density at radius 3 is 2.54 bits per heavy atom. The summed E-state index contributed by atoms with van der Waals surface area (Å²) in [5.41, 5.74) is 2.93. The fourth-order valence-electron chi connectivity index (χ4n) is 3.14. The second-order valence-electron chi connectivity index (χ2n) is 6.51. The molecule has 7 nitrogen and oxygen atoms in total. The number of fused-ring (bicyclic) bond motifs is 1. The third-order valence-electron chi connectivity index (χ3n) is 4.47. The van der Waals surface area contributed by atoms with Crippen molar-refractivity contribution in [3.63, 3.8) is 0 Å². The third kappa shape index (κ3) is 3.69. The first-order valence-electron chi connectivity index (χ1n) is 8.88. The molecule has 1 aromatic carbocycles. The molecule has 0 fully saturated rings. The second kappa shape index (κ2) is 7.72. The second-order valence-corrected chi connectivity index (χ2v) is 6.51. The van der Waals surface area contributed by atoms with Gasteiger partial charge in [-0.1, -0.05) is 12.1 Å². The molecular formula is C21H21NO6. The van der Waals surface area contributed by atoms with Crippen molar-refractivity contribution in [3.8, 4) is 0 Å². The van der Waals surface area contributed by atoms with Crippen molar-refractivity contribution in [2.45, 2.75) is 34.3 Å². The molecule has 0 atom stereocenters. The Kier molecular flexibility index (Phi) is 5.35. The van der Waals surface area contributed by atoms with Crippen LogP contribution in [0.1, 0.15) is 50.2 Å². The lowest BCUT2D eigenvalue weighted by Gasteiger charge is -2.08. The van der Waals surface area contributed by atoms with Crippen LogP contribution in [0.25, 0.3) is 11.0 Å². The highest BCUT2D eigenvalue weighted by Gasteiger charge is 2.24. The Labute approximate surface area is 161 Å². The lowest BCUT2D eigenvalue weighted by atomic mass is 10.1. The van der Waals surface area contributed by atoms with Gasteiger partial charge in [0.25, 0.3) is 0 Å². The van der Waals surface area contributed by atoms with E-state index in [4.69, 9.17) is 13.9 Å². The predicted molar refractivity (Wildman–Crippen MR) is 103 cm³/mol. The molecule has 0 aliphatic carbocycles. The number of rotatable bonds is 5. The van der Waals surface area contributed by atoms with Gasteiger partial charge < -0.3 is 18.9 Å². The minimum atomic E-state index is -0.588. The van der Waals surface area contributed by atoms with Crippen molar-refractivity contribution < 1.29 is 23.5 Å². The Morgan fingerprint density at radius 2 is 1.82 bits per heavy atom. The minimum Gasteiger partial charge on any atom is -0.461 e. The van der Waals surface area contributed by atoms with Gasteiger partial charge in [-0.2, -0.15) is 0 Å². The number of carbonyl (C=O) groups is 2. The van der Waals surface area contributed by atoms with Crippen molar-refractivity contribution in [2.75, 3.05) is 6.61 Å². The summed E-state index contributed by atoms with van der Waals surface area (Å²) < 4.78 is 15.6. The highest BCUT2D eigenvalue weighted by atomic mass is 16.5. The van der Waals surface area contributed by atoms with Gasteiger partial charge in [0.1, 0.15) is 17.9 Å². The van der Waals surface area contributed by atoms with Crippen LogP contribution in [0.2, 0.25) is 0 Å². The van der Waals surface area contributed by atoms with Crippen molar-refractivity contribution in [2.24, 2.45) is 0 Å². The van der Waals surface area contributed by atoms with E-state index in [9.17, 15) is 14.4 Å². The van der Waals surface area contributed by atoms with Gasteiger partial charge in [-0.15, -0.1) is 0 Å². The average Bonchev–Trinajstić information content (AvgIpc) is 2.93. The topological polar surface area (TPSA) is 98.6 Å². The van der Waals surface area contributed by atoms with Gasteiger partial charge in [0, 0.05) is 22.7 Å². The van der Waals surface area contributed by atoms with Crippen LogP contribution in [-0.2, 0) is 16.1 Å². The van der Waals surface area contributed by atoms with Crippen molar-refractivity contribution >= 4 is 22.9 Å². The summed E-state index contributed by atoms with van der Waals surface area (Å²) >= 11 is 0. The van der Waals surface area contributed by atoms with E-state index in [-0.39, 0.29) is 24.5 Å². The molecule has 1 N–H and O–H groups in total. The molecule has 0 radical (unpaired) electrons. The van der Waals surface area contributed by atoms with Gasteiger partial charge >= 0.3 is 17.6 Å². The Balaban J connectivity index is 1.87. The smallest absolute Gasteiger partial charge is 0.355 e. The number of esters is 2. The van der Waals surface area contributed by atoms with Crippen LogP contribution in [0.15, 0.2) is 33.5 Å². The zero-order valence-electron chi connectivity index (χ0n) is 16.2. The molecule has 0 spiro atoms. The van der Waals surface area contributed by atoms with Crippen LogP contribution in [0.3, 0.4) is 0 Å². The normalized spacial score (nSPS) is 10.9. The first-order chi connectivity index (χ1) is 13.3. The van der Waals surface area contributed by atoms with E-state index in [1.165, 1.54) is 6.07 Å². The first-order valence-corrected chi connectivity index (χ1v) is 8.88. The number of ether oxygens (including phenoxy) is 2. The van der Waals surface area contributed by atoms with E-state index in [2.05, 4.69) is 4.98 Å². The fraction of sp³-hybridized carbons (Fsp3) is 0.286. The number of benzene rings is 1. The Hall–Kier alpha value is -3.35.